The van der Waals surface area contributed by atoms with Gasteiger partial charge in [0, 0.05) is 29.0 Å². The van der Waals surface area contributed by atoms with Gasteiger partial charge in [0.2, 0.25) is 0 Å². The van der Waals surface area contributed by atoms with E-state index in [9.17, 15) is 4.79 Å². The predicted octanol–water partition coefficient (Wildman–Crippen LogP) is 4.08. The van der Waals surface area contributed by atoms with Crippen molar-refractivity contribution in [2.45, 2.75) is 12.3 Å². The van der Waals surface area contributed by atoms with E-state index in [0.717, 1.165) is 29.5 Å². The average Bonchev–Trinajstić information content (AvgIpc) is 2.98. The minimum Gasteiger partial charge on any atom is -0.338 e. The number of benzene rings is 2. The molecule has 1 aliphatic heterocycles. The Hall–Kier alpha value is -1.61. The van der Waals surface area contributed by atoms with Crippen LogP contribution in [0.15, 0.2) is 59.1 Å². The SMILES string of the molecule is O=C(c1ccc(Br)cc1)N1CC[C@@H](c2ccccc2)C1. The molecule has 0 N–H and O–H groups in total. The highest BCUT2D eigenvalue weighted by Gasteiger charge is 2.27. The summed E-state index contributed by atoms with van der Waals surface area (Å²) in [4.78, 5) is 14.4. The van der Waals surface area contributed by atoms with Crippen LogP contribution in [0.2, 0.25) is 0 Å². The number of hydrogen-bond acceptors (Lipinski definition) is 1. The molecule has 0 bridgehead atoms. The van der Waals surface area contributed by atoms with Crippen LogP contribution in [0.4, 0.5) is 0 Å². The smallest absolute Gasteiger partial charge is 0.253 e. The zero-order chi connectivity index (χ0) is 13.9. The summed E-state index contributed by atoms with van der Waals surface area (Å²) in [6.07, 6.45) is 1.05. The third-order valence-corrected chi connectivity index (χ3v) is 4.37. The van der Waals surface area contributed by atoms with Gasteiger partial charge in [0.15, 0.2) is 0 Å². The van der Waals surface area contributed by atoms with Gasteiger partial charge in [-0.25, -0.2) is 0 Å². The highest BCUT2D eigenvalue weighted by atomic mass is 79.9. The predicted molar refractivity (Wildman–Crippen MR) is 83.8 cm³/mol. The highest BCUT2D eigenvalue weighted by molar-refractivity contribution is 9.10. The Labute approximate surface area is 127 Å². The Balaban J connectivity index is 1.71. The number of rotatable bonds is 2. The van der Waals surface area contributed by atoms with E-state index in [0.29, 0.717) is 5.92 Å². The third kappa shape index (κ3) is 2.78. The molecule has 0 unspecified atom stereocenters. The van der Waals surface area contributed by atoms with Crippen molar-refractivity contribution < 1.29 is 4.79 Å². The first kappa shape index (κ1) is 13.4. The average molecular weight is 330 g/mol. The molecule has 1 amide bonds. The second kappa shape index (κ2) is 5.80. The molecule has 0 aromatic heterocycles. The largest absolute Gasteiger partial charge is 0.338 e. The Morgan fingerprint density at radius 1 is 1.05 bits per heavy atom. The van der Waals surface area contributed by atoms with Crippen LogP contribution in [0.25, 0.3) is 0 Å². The lowest BCUT2D eigenvalue weighted by Crippen LogP contribution is -2.28. The van der Waals surface area contributed by atoms with Crippen molar-refractivity contribution in [2.75, 3.05) is 13.1 Å². The summed E-state index contributed by atoms with van der Waals surface area (Å²) in [5, 5.41) is 0. The molecule has 2 aromatic rings. The molecular weight excluding hydrogens is 314 g/mol. The maximum atomic E-state index is 12.4. The number of likely N-dealkylation sites (tertiary alicyclic amines) is 1. The molecule has 1 heterocycles. The number of halogens is 1. The lowest BCUT2D eigenvalue weighted by Gasteiger charge is -2.17. The summed E-state index contributed by atoms with van der Waals surface area (Å²) in [5.41, 5.74) is 2.10. The fourth-order valence-corrected chi connectivity index (χ4v) is 2.98. The van der Waals surface area contributed by atoms with Gasteiger partial charge in [-0.2, -0.15) is 0 Å². The maximum absolute atomic E-state index is 12.4. The van der Waals surface area contributed by atoms with Crippen LogP contribution in [0, 0.1) is 0 Å². The molecule has 1 saturated heterocycles. The Bertz CT molecular complexity index is 594. The van der Waals surface area contributed by atoms with Crippen molar-refractivity contribution in [1.29, 1.82) is 0 Å². The van der Waals surface area contributed by atoms with Crippen LogP contribution in [0.5, 0.6) is 0 Å². The zero-order valence-electron chi connectivity index (χ0n) is 11.1. The number of hydrogen-bond donors (Lipinski definition) is 0. The van der Waals surface area contributed by atoms with Crippen molar-refractivity contribution in [3.8, 4) is 0 Å². The second-order valence-corrected chi connectivity index (χ2v) is 6.07. The van der Waals surface area contributed by atoms with E-state index in [-0.39, 0.29) is 5.91 Å². The lowest BCUT2D eigenvalue weighted by molar-refractivity contribution is 0.0791. The summed E-state index contributed by atoms with van der Waals surface area (Å²) in [6.45, 7) is 1.66. The van der Waals surface area contributed by atoms with E-state index in [2.05, 4.69) is 40.2 Å². The molecule has 2 nitrogen and oxygen atoms in total. The second-order valence-electron chi connectivity index (χ2n) is 5.15. The lowest BCUT2D eigenvalue weighted by atomic mass is 9.99. The third-order valence-electron chi connectivity index (χ3n) is 3.84. The van der Waals surface area contributed by atoms with E-state index < -0.39 is 0 Å². The van der Waals surface area contributed by atoms with Crippen LogP contribution in [-0.4, -0.2) is 23.9 Å². The van der Waals surface area contributed by atoms with Gasteiger partial charge in [-0.15, -0.1) is 0 Å². The Morgan fingerprint density at radius 3 is 2.45 bits per heavy atom. The first-order chi connectivity index (χ1) is 9.74. The monoisotopic (exact) mass is 329 g/mol. The number of carbonyl (C=O) groups excluding carboxylic acids is 1. The van der Waals surface area contributed by atoms with Gasteiger partial charge < -0.3 is 4.90 Å². The molecule has 1 aliphatic rings. The summed E-state index contributed by atoms with van der Waals surface area (Å²) in [5.74, 6) is 0.603. The van der Waals surface area contributed by atoms with E-state index in [1.807, 2.05) is 35.2 Å². The van der Waals surface area contributed by atoms with Crippen LogP contribution in [0.1, 0.15) is 28.3 Å². The van der Waals surface area contributed by atoms with Gasteiger partial charge in [0.05, 0.1) is 0 Å². The van der Waals surface area contributed by atoms with E-state index in [4.69, 9.17) is 0 Å². The first-order valence-electron chi connectivity index (χ1n) is 6.84. The molecule has 0 saturated carbocycles. The molecule has 2 aromatic carbocycles. The van der Waals surface area contributed by atoms with Crippen molar-refractivity contribution in [3.05, 3.63) is 70.2 Å². The molecule has 3 rings (SSSR count). The zero-order valence-corrected chi connectivity index (χ0v) is 12.7. The fraction of sp³-hybridized carbons (Fsp3) is 0.235. The molecule has 0 spiro atoms. The van der Waals surface area contributed by atoms with E-state index >= 15 is 0 Å². The summed E-state index contributed by atoms with van der Waals surface area (Å²) in [6, 6.07) is 18.0. The van der Waals surface area contributed by atoms with Crippen LogP contribution < -0.4 is 0 Å². The molecule has 1 atom stereocenters. The fourth-order valence-electron chi connectivity index (χ4n) is 2.72. The van der Waals surface area contributed by atoms with Crippen LogP contribution in [0.3, 0.4) is 0 Å². The number of nitrogens with zero attached hydrogens (tertiary/aromatic N) is 1. The van der Waals surface area contributed by atoms with Crippen molar-refractivity contribution in [2.24, 2.45) is 0 Å². The Kier molecular flexibility index (Phi) is 3.88. The minimum absolute atomic E-state index is 0.135. The van der Waals surface area contributed by atoms with Crippen molar-refractivity contribution >= 4 is 21.8 Å². The van der Waals surface area contributed by atoms with Gasteiger partial charge in [0.1, 0.15) is 0 Å². The summed E-state index contributed by atoms with van der Waals surface area (Å²) < 4.78 is 0.998. The quantitative estimate of drug-likeness (QED) is 0.812. The van der Waals surface area contributed by atoms with Crippen LogP contribution in [-0.2, 0) is 0 Å². The first-order valence-corrected chi connectivity index (χ1v) is 7.63. The maximum Gasteiger partial charge on any atom is 0.253 e. The van der Waals surface area contributed by atoms with Gasteiger partial charge in [0.25, 0.3) is 5.91 Å². The molecule has 102 valence electrons. The van der Waals surface area contributed by atoms with Crippen molar-refractivity contribution in [3.63, 3.8) is 0 Å². The van der Waals surface area contributed by atoms with Gasteiger partial charge in [-0.3, -0.25) is 4.79 Å². The van der Waals surface area contributed by atoms with E-state index in [1.165, 1.54) is 5.56 Å². The van der Waals surface area contributed by atoms with Gasteiger partial charge in [-0.1, -0.05) is 46.3 Å². The normalized spacial score (nSPS) is 18.2. The number of amides is 1. The van der Waals surface area contributed by atoms with Crippen molar-refractivity contribution in [1.82, 2.24) is 4.90 Å². The molecule has 0 aliphatic carbocycles. The molecule has 1 fully saturated rings. The topological polar surface area (TPSA) is 20.3 Å². The summed E-state index contributed by atoms with van der Waals surface area (Å²) in [7, 11) is 0. The Morgan fingerprint density at radius 2 is 1.75 bits per heavy atom. The summed E-state index contributed by atoms with van der Waals surface area (Å²) >= 11 is 3.39. The molecule has 0 radical (unpaired) electrons. The molecular formula is C17H16BrNO. The molecule has 20 heavy (non-hydrogen) atoms. The minimum atomic E-state index is 0.135. The molecule has 3 heteroatoms. The van der Waals surface area contributed by atoms with Gasteiger partial charge in [-0.05, 0) is 36.2 Å². The standard InChI is InChI=1S/C17H16BrNO/c18-16-8-6-14(7-9-16)17(20)19-11-10-15(12-19)13-4-2-1-3-5-13/h1-9,15H,10-12H2/t15-/m1/s1. The van der Waals surface area contributed by atoms with Crippen LogP contribution >= 0.6 is 15.9 Å². The number of carbonyl (C=O) groups is 1. The highest BCUT2D eigenvalue weighted by Crippen LogP contribution is 2.28. The van der Waals surface area contributed by atoms with E-state index in [1.54, 1.807) is 0 Å². The van der Waals surface area contributed by atoms with Gasteiger partial charge >= 0.3 is 0 Å².